The molecular weight excluding hydrogens is 356 g/mol. The van der Waals surface area contributed by atoms with Crippen molar-refractivity contribution in [2.24, 2.45) is 5.73 Å². The number of carbonyl (C=O) groups is 2. The summed E-state index contributed by atoms with van der Waals surface area (Å²) in [4.78, 5) is 32.9. The Labute approximate surface area is 160 Å². The van der Waals surface area contributed by atoms with E-state index in [0.29, 0.717) is 11.5 Å². The van der Waals surface area contributed by atoms with Crippen LogP contribution in [0.25, 0.3) is 17.0 Å². The minimum Gasteiger partial charge on any atom is -0.366 e. The number of nitrogens with two attached hydrogens (primary N) is 1. The standard InChI is InChI=1S/C20H16N6O2/c1-12-11-16(13-7-3-2-4-8-13)23-20-24-18(25-26(12)20)19(28)22-15-10-6-5-9-14(15)17(21)27/h2-11H,1H3,(H2,21,27)(H,22,28). The second-order valence-electron chi connectivity index (χ2n) is 6.16. The number of aromatic nitrogens is 4. The number of rotatable bonds is 4. The average molecular weight is 372 g/mol. The van der Waals surface area contributed by atoms with Crippen molar-refractivity contribution in [3.63, 3.8) is 0 Å². The molecule has 0 fully saturated rings. The molecule has 3 N–H and O–H groups in total. The SMILES string of the molecule is Cc1cc(-c2ccccc2)nc2nc(C(=O)Nc3ccccc3C(N)=O)nn12. The van der Waals surface area contributed by atoms with Gasteiger partial charge < -0.3 is 11.1 Å². The summed E-state index contributed by atoms with van der Waals surface area (Å²) in [7, 11) is 0. The number of nitrogens with one attached hydrogen (secondary N) is 1. The molecule has 2 aromatic heterocycles. The minimum atomic E-state index is -0.635. The van der Waals surface area contributed by atoms with Crippen LogP contribution in [0.5, 0.6) is 0 Å². The van der Waals surface area contributed by atoms with E-state index >= 15 is 0 Å². The first-order valence-electron chi connectivity index (χ1n) is 8.53. The van der Waals surface area contributed by atoms with E-state index < -0.39 is 11.8 Å². The molecule has 28 heavy (non-hydrogen) atoms. The van der Waals surface area contributed by atoms with Crippen LogP contribution in [0.1, 0.15) is 26.7 Å². The van der Waals surface area contributed by atoms with Crippen molar-refractivity contribution in [1.29, 1.82) is 0 Å². The topological polar surface area (TPSA) is 115 Å². The van der Waals surface area contributed by atoms with Gasteiger partial charge in [-0.05, 0) is 25.1 Å². The van der Waals surface area contributed by atoms with Gasteiger partial charge in [-0.2, -0.15) is 4.98 Å². The van der Waals surface area contributed by atoms with E-state index in [-0.39, 0.29) is 11.4 Å². The quantitative estimate of drug-likeness (QED) is 0.571. The second-order valence-corrected chi connectivity index (χ2v) is 6.16. The maximum atomic E-state index is 12.6. The molecule has 0 aliphatic carbocycles. The number of para-hydroxylation sites is 1. The molecule has 0 bridgehead atoms. The summed E-state index contributed by atoms with van der Waals surface area (Å²) in [6.07, 6.45) is 0. The van der Waals surface area contributed by atoms with Gasteiger partial charge >= 0.3 is 0 Å². The molecule has 8 heteroatoms. The summed E-state index contributed by atoms with van der Waals surface area (Å²) in [6, 6.07) is 18.0. The van der Waals surface area contributed by atoms with Crippen LogP contribution in [0.15, 0.2) is 60.7 Å². The molecule has 0 atom stereocenters. The molecule has 0 saturated carbocycles. The first-order valence-corrected chi connectivity index (χ1v) is 8.53. The number of carbonyl (C=O) groups excluding carboxylic acids is 2. The number of hydrogen-bond acceptors (Lipinski definition) is 5. The zero-order valence-electron chi connectivity index (χ0n) is 15.0. The number of primary amides is 1. The Morgan fingerprint density at radius 2 is 1.71 bits per heavy atom. The van der Waals surface area contributed by atoms with Crippen molar-refractivity contribution < 1.29 is 9.59 Å². The van der Waals surface area contributed by atoms with E-state index in [9.17, 15) is 9.59 Å². The van der Waals surface area contributed by atoms with Crippen molar-refractivity contribution in [2.75, 3.05) is 5.32 Å². The summed E-state index contributed by atoms with van der Waals surface area (Å²) in [5.41, 5.74) is 8.32. The highest BCUT2D eigenvalue weighted by Gasteiger charge is 2.18. The fraction of sp³-hybridized carbons (Fsp3) is 0.0500. The van der Waals surface area contributed by atoms with E-state index in [1.807, 2.05) is 43.3 Å². The van der Waals surface area contributed by atoms with Crippen LogP contribution in [0.3, 0.4) is 0 Å². The van der Waals surface area contributed by atoms with Gasteiger partial charge in [0.15, 0.2) is 0 Å². The van der Waals surface area contributed by atoms with Crippen molar-refractivity contribution in [3.8, 4) is 11.3 Å². The molecule has 0 aliphatic heterocycles. The predicted octanol–water partition coefficient (Wildman–Crippen LogP) is 2.45. The molecular formula is C20H16N6O2. The van der Waals surface area contributed by atoms with Gasteiger partial charge in [0.05, 0.1) is 16.9 Å². The fourth-order valence-corrected chi connectivity index (χ4v) is 2.85. The summed E-state index contributed by atoms with van der Waals surface area (Å²) >= 11 is 0. The zero-order chi connectivity index (χ0) is 19.7. The highest BCUT2D eigenvalue weighted by atomic mass is 16.2. The number of aryl methyl sites for hydroxylation is 1. The van der Waals surface area contributed by atoms with Gasteiger partial charge in [-0.15, -0.1) is 5.10 Å². The van der Waals surface area contributed by atoms with Gasteiger partial charge in [0.25, 0.3) is 17.6 Å². The van der Waals surface area contributed by atoms with Gasteiger partial charge in [0.1, 0.15) is 0 Å². The molecule has 0 aliphatic rings. The van der Waals surface area contributed by atoms with Crippen LogP contribution in [0.4, 0.5) is 5.69 Å². The lowest BCUT2D eigenvalue weighted by atomic mass is 10.1. The van der Waals surface area contributed by atoms with Crippen molar-refractivity contribution in [2.45, 2.75) is 6.92 Å². The molecule has 4 aromatic rings. The molecule has 0 spiro atoms. The van der Waals surface area contributed by atoms with Gasteiger partial charge in [-0.25, -0.2) is 9.50 Å². The third-order valence-electron chi connectivity index (χ3n) is 4.20. The summed E-state index contributed by atoms with van der Waals surface area (Å²) in [5.74, 6) is -0.934. The largest absolute Gasteiger partial charge is 0.366 e. The molecule has 138 valence electrons. The van der Waals surface area contributed by atoms with E-state index in [0.717, 1.165) is 17.0 Å². The average Bonchev–Trinajstić information content (AvgIpc) is 3.14. The highest BCUT2D eigenvalue weighted by molar-refractivity contribution is 6.07. The molecule has 4 rings (SSSR count). The smallest absolute Gasteiger partial charge is 0.295 e. The molecule has 2 heterocycles. The Bertz CT molecular complexity index is 1200. The lowest BCUT2D eigenvalue weighted by molar-refractivity contribution is 0.100. The van der Waals surface area contributed by atoms with Gasteiger partial charge in [0, 0.05) is 11.3 Å². The van der Waals surface area contributed by atoms with Crippen molar-refractivity contribution in [1.82, 2.24) is 19.6 Å². The summed E-state index contributed by atoms with van der Waals surface area (Å²) in [6.45, 7) is 1.86. The van der Waals surface area contributed by atoms with E-state index in [2.05, 4.69) is 20.4 Å². The third-order valence-corrected chi connectivity index (χ3v) is 4.20. The first-order chi connectivity index (χ1) is 13.5. The van der Waals surface area contributed by atoms with Gasteiger partial charge in [-0.1, -0.05) is 42.5 Å². The number of amides is 2. The number of fused-ring (bicyclic) bond motifs is 1. The third kappa shape index (κ3) is 3.18. The van der Waals surface area contributed by atoms with Crippen LogP contribution in [-0.4, -0.2) is 31.4 Å². The number of benzene rings is 2. The summed E-state index contributed by atoms with van der Waals surface area (Å²) < 4.78 is 1.50. The van der Waals surface area contributed by atoms with Crippen molar-refractivity contribution >= 4 is 23.3 Å². The molecule has 0 radical (unpaired) electrons. The Morgan fingerprint density at radius 3 is 2.46 bits per heavy atom. The fourth-order valence-electron chi connectivity index (χ4n) is 2.85. The zero-order valence-corrected chi connectivity index (χ0v) is 15.0. The lowest BCUT2D eigenvalue weighted by Crippen LogP contribution is -2.19. The highest BCUT2D eigenvalue weighted by Crippen LogP contribution is 2.19. The number of nitrogens with zero attached hydrogens (tertiary/aromatic N) is 4. The van der Waals surface area contributed by atoms with Crippen molar-refractivity contribution in [3.05, 3.63) is 77.7 Å². The first kappa shape index (κ1) is 17.3. The Morgan fingerprint density at radius 1 is 1.00 bits per heavy atom. The number of anilines is 1. The van der Waals surface area contributed by atoms with Crippen LogP contribution in [-0.2, 0) is 0 Å². The minimum absolute atomic E-state index is 0.0555. The molecule has 0 unspecified atom stereocenters. The van der Waals surface area contributed by atoms with E-state index in [1.165, 1.54) is 10.6 Å². The normalized spacial score (nSPS) is 10.8. The Hall–Kier alpha value is -4.07. The lowest BCUT2D eigenvalue weighted by Gasteiger charge is -2.06. The number of hydrogen-bond donors (Lipinski definition) is 2. The Balaban J connectivity index is 1.69. The molecule has 2 amide bonds. The van der Waals surface area contributed by atoms with Crippen LogP contribution in [0, 0.1) is 6.92 Å². The van der Waals surface area contributed by atoms with Crippen LogP contribution >= 0.6 is 0 Å². The maximum absolute atomic E-state index is 12.6. The van der Waals surface area contributed by atoms with Gasteiger partial charge in [0.2, 0.25) is 5.82 Å². The van der Waals surface area contributed by atoms with E-state index in [1.54, 1.807) is 18.2 Å². The van der Waals surface area contributed by atoms with Crippen LogP contribution < -0.4 is 11.1 Å². The van der Waals surface area contributed by atoms with Crippen LogP contribution in [0.2, 0.25) is 0 Å². The van der Waals surface area contributed by atoms with Gasteiger partial charge in [-0.3, -0.25) is 9.59 Å². The summed E-state index contributed by atoms with van der Waals surface area (Å²) in [5, 5.41) is 6.86. The molecule has 8 nitrogen and oxygen atoms in total. The predicted molar refractivity (Wildman–Crippen MR) is 104 cm³/mol. The second kappa shape index (κ2) is 6.92. The monoisotopic (exact) mass is 372 g/mol. The molecule has 0 saturated heterocycles. The Kier molecular flexibility index (Phi) is 4.29. The van der Waals surface area contributed by atoms with E-state index in [4.69, 9.17) is 5.73 Å². The molecule has 2 aromatic carbocycles. The maximum Gasteiger partial charge on any atom is 0.295 e.